The lowest BCUT2D eigenvalue weighted by atomic mass is 9.91. The molecule has 1 atom stereocenters. The van der Waals surface area contributed by atoms with Crippen molar-refractivity contribution in [2.75, 3.05) is 20.8 Å². The van der Waals surface area contributed by atoms with Gasteiger partial charge in [-0.1, -0.05) is 18.9 Å². The number of amides is 4. The van der Waals surface area contributed by atoms with E-state index in [1.807, 2.05) is 0 Å². The second-order valence-corrected chi connectivity index (χ2v) is 7.07. The summed E-state index contributed by atoms with van der Waals surface area (Å²) in [6.45, 7) is 1.33. The lowest BCUT2D eigenvalue weighted by Gasteiger charge is -2.23. The second-order valence-electron chi connectivity index (χ2n) is 7.07. The van der Waals surface area contributed by atoms with Crippen molar-refractivity contribution in [2.45, 2.75) is 44.2 Å². The highest BCUT2D eigenvalue weighted by Crippen LogP contribution is 2.35. The van der Waals surface area contributed by atoms with Crippen molar-refractivity contribution in [3.05, 3.63) is 23.8 Å². The zero-order chi connectivity index (χ0) is 19.6. The Hall–Kier alpha value is -2.77. The predicted molar refractivity (Wildman–Crippen MR) is 97.5 cm³/mol. The fourth-order valence-electron chi connectivity index (χ4n) is 3.67. The molecular formula is C19H25N3O5. The monoisotopic (exact) mass is 375 g/mol. The Morgan fingerprint density at radius 2 is 1.89 bits per heavy atom. The van der Waals surface area contributed by atoms with Crippen LogP contribution in [0.3, 0.4) is 0 Å². The Bertz CT molecular complexity index is 760. The Labute approximate surface area is 158 Å². The summed E-state index contributed by atoms with van der Waals surface area (Å²) in [6.07, 6.45) is 4.06. The van der Waals surface area contributed by atoms with Crippen LogP contribution in [0, 0.1) is 0 Å². The summed E-state index contributed by atoms with van der Waals surface area (Å²) in [5, 5.41) is 5.59. The van der Waals surface area contributed by atoms with Crippen LogP contribution in [0.1, 0.15) is 38.2 Å². The molecule has 27 heavy (non-hydrogen) atoms. The summed E-state index contributed by atoms with van der Waals surface area (Å²) in [5.41, 5.74) is -0.721. The summed E-state index contributed by atoms with van der Waals surface area (Å²) in [7, 11) is 3.02. The van der Waals surface area contributed by atoms with E-state index in [1.165, 1.54) is 14.2 Å². The molecule has 4 amide bonds. The number of carbonyl (C=O) groups is 3. The SMILES string of the molecule is COc1ccc([C@]2(C)NC(=O)N(CC(=O)NC3CCCC3)C2=O)cc1OC. The van der Waals surface area contributed by atoms with Crippen molar-refractivity contribution in [1.82, 2.24) is 15.5 Å². The van der Waals surface area contributed by atoms with E-state index >= 15 is 0 Å². The van der Waals surface area contributed by atoms with Crippen molar-refractivity contribution in [3.63, 3.8) is 0 Å². The van der Waals surface area contributed by atoms with Crippen LogP contribution in [0.4, 0.5) is 4.79 Å². The molecule has 3 rings (SSSR count). The molecule has 1 saturated carbocycles. The zero-order valence-electron chi connectivity index (χ0n) is 15.8. The van der Waals surface area contributed by atoms with Gasteiger partial charge in [-0.3, -0.25) is 14.5 Å². The van der Waals surface area contributed by atoms with Gasteiger partial charge >= 0.3 is 6.03 Å². The van der Waals surface area contributed by atoms with E-state index in [4.69, 9.17) is 9.47 Å². The van der Waals surface area contributed by atoms with E-state index in [-0.39, 0.29) is 18.5 Å². The van der Waals surface area contributed by atoms with Gasteiger partial charge in [-0.2, -0.15) is 0 Å². The van der Waals surface area contributed by atoms with Gasteiger partial charge in [0.25, 0.3) is 5.91 Å². The predicted octanol–water partition coefficient (Wildman–Crippen LogP) is 1.53. The highest BCUT2D eigenvalue weighted by Gasteiger charge is 2.49. The maximum absolute atomic E-state index is 13.0. The number of hydrogen-bond acceptors (Lipinski definition) is 5. The number of hydrogen-bond donors (Lipinski definition) is 2. The highest BCUT2D eigenvalue weighted by atomic mass is 16.5. The lowest BCUT2D eigenvalue weighted by Crippen LogP contribution is -2.45. The molecule has 0 aromatic heterocycles. The molecule has 2 fully saturated rings. The molecule has 1 aliphatic carbocycles. The van der Waals surface area contributed by atoms with Crippen molar-refractivity contribution in [3.8, 4) is 11.5 Å². The third kappa shape index (κ3) is 3.56. The minimum Gasteiger partial charge on any atom is -0.493 e. The van der Waals surface area contributed by atoms with Crippen LogP contribution in [0.2, 0.25) is 0 Å². The quantitative estimate of drug-likeness (QED) is 0.735. The molecular weight excluding hydrogens is 350 g/mol. The van der Waals surface area contributed by atoms with Gasteiger partial charge in [0.05, 0.1) is 14.2 Å². The third-order valence-corrected chi connectivity index (χ3v) is 5.26. The van der Waals surface area contributed by atoms with E-state index in [0.29, 0.717) is 17.1 Å². The molecule has 0 radical (unpaired) electrons. The molecule has 1 aliphatic heterocycles. The zero-order valence-corrected chi connectivity index (χ0v) is 15.8. The Kier molecular flexibility index (Phi) is 5.25. The first kappa shape index (κ1) is 19.0. The molecule has 8 heteroatoms. The molecule has 0 bridgehead atoms. The van der Waals surface area contributed by atoms with Crippen molar-refractivity contribution in [1.29, 1.82) is 0 Å². The molecule has 146 valence electrons. The number of nitrogens with one attached hydrogen (secondary N) is 2. The molecule has 1 heterocycles. The fraction of sp³-hybridized carbons (Fsp3) is 0.526. The number of rotatable bonds is 6. The van der Waals surface area contributed by atoms with Crippen molar-refractivity contribution < 1.29 is 23.9 Å². The number of methoxy groups -OCH3 is 2. The smallest absolute Gasteiger partial charge is 0.325 e. The van der Waals surface area contributed by atoms with Crippen molar-refractivity contribution >= 4 is 17.8 Å². The minimum absolute atomic E-state index is 0.135. The van der Waals surface area contributed by atoms with Gasteiger partial charge < -0.3 is 20.1 Å². The standard InChI is InChI=1S/C19H25N3O5/c1-19(12-8-9-14(26-2)15(10-12)27-3)17(24)22(18(25)21-19)11-16(23)20-13-6-4-5-7-13/h8-10,13H,4-7,11H2,1-3H3,(H,20,23)(H,21,25)/t19-/m0/s1. The van der Waals surface area contributed by atoms with E-state index < -0.39 is 17.5 Å². The minimum atomic E-state index is -1.27. The molecule has 1 saturated heterocycles. The van der Waals surface area contributed by atoms with Crippen LogP contribution in [0.5, 0.6) is 11.5 Å². The van der Waals surface area contributed by atoms with Crippen LogP contribution >= 0.6 is 0 Å². The van der Waals surface area contributed by atoms with Crippen LogP contribution < -0.4 is 20.1 Å². The van der Waals surface area contributed by atoms with E-state index in [9.17, 15) is 14.4 Å². The molecule has 0 spiro atoms. The second kappa shape index (κ2) is 7.46. The van der Waals surface area contributed by atoms with Crippen molar-refractivity contribution in [2.24, 2.45) is 0 Å². The van der Waals surface area contributed by atoms with Gasteiger partial charge in [0, 0.05) is 6.04 Å². The number of urea groups is 1. The van der Waals surface area contributed by atoms with E-state index in [1.54, 1.807) is 25.1 Å². The van der Waals surface area contributed by atoms with Gasteiger partial charge in [-0.05, 0) is 37.5 Å². The Balaban J connectivity index is 1.76. The summed E-state index contributed by atoms with van der Waals surface area (Å²) in [6, 6.07) is 4.57. The van der Waals surface area contributed by atoms with Gasteiger partial charge in [0.2, 0.25) is 5.91 Å². The fourth-order valence-corrected chi connectivity index (χ4v) is 3.67. The molecule has 2 N–H and O–H groups in total. The van der Waals surface area contributed by atoms with Crippen LogP contribution in [-0.2, 0) is 15.1 Å². The van der Waals surface area contributed by atoms with Gasteiger partial charge in [0.15, 0.2) is 11.5 Å². The first-order chi connectivity index (χ1) is 12.9. The average molecular weight is 375 g/mol. The van der Waals surface area contributed by atoms with E-state index in [0.717, 1.165) is 30.6 Å². The molecule has 1 aromatic rings. The molecule has 1 aromatic carbocycles. The number of imide groups is 1. The number of nitrogens with zero attached hydrogens (tertiary/aromatic N) is 1. The summed E-state index contributed by atoms with van der Waals surface area (Å²) in [5.74, 6) is 0.188. The number of ether oxygens (including phenoxy) is 2. The average Bonchev–Trinajstić information content (AvgIpc) is 3.24. The van der Waals surface area contributed by atoms with Gasteiger partial charge in [0.1, 0.15) is 12.1 Å². The van der Waals surface area contributed by atoms with Crippen LogP contribution in [0.25, 0.3) is 0 Å². The first-order valence-electron chi connectivity index (χ1n) is 9.05. The largest absolute Gasteiger partial charge is 0.493 e. The lowest BCUT2D eigenvalue weighted by molar-refractivity contribution is -0.135. The number of carbonyl (C=O) groups excluding carboxylic acids is 3. The molecule has 2 aliphatic rings. The highest BCUT2D eigenvalue weighted by molar-refractivity contribution is 6.09. The summed E-state index contributed by atoms with van der Waals surface area (Å²) < 4.78 is 10.5. The molecule has 8 nitrogen and oxygen atoms in total. The van der Waals surface area contributed by atoms with Crippen LogP contribution in [0.15, 0.2) is 18.2 Å². The van der Waals surface area contributed by atoms with Gasteiger partial charge in [-0.25, -0.2) is 4.79 Å². The Morgan fingerprint density at radius 1 is 1.22 bits per heavy atom. The maximum atomic E-state index is 13.0. The maximum Gasteiger partial charge on any atom is 0.325 e. The van der Waals surface area contributed by atoms with Crippen LogP contribution in [-0.4, -0.2) is 49.6 Å². The first-order valence-corrected chi connectivity index (χ1v) is 9.05. The normalized spacial score (nSPS) is 22.7. The Morgan fingerprint density at radius 3 is 2.52 bits per heavy atom. The third-order valence-electron chi connectivity index (χ3n) is 5.26. The topological polar surface area (TPSA) is 97.0 Å². The van der Waals surface area contributed by atoms with Gasteiger partial charge in [-0.15, -0.1) is 0 Å². The summed E-state index contributed by atoms with van der Waals surface area (Å²) >= 11 is 0. The molecule has 0 unspecified atom stereocenters. The summed E-state index contributed by atoms with van der Waals surface area (Å²) in [4.78, 5) is 38.6. The van der Waals surface area contributed by atoms with E-state index in [2.05, 4.69) is 10.6 Å². The number of benzene rings is 1.